The highest BCUT2D eigenvalue weighted by Gasteiger charge is 2.23. The first-order valence-corrected chi connectivity index (χ1v) is 5.74. The van der Waals surface area contributed by atoms with Crippen LogP contribution in [0.15, 0.2) is 0 Å². The Labute approximate surface area is 96.9 Å². The summed E-state index contributed by atoms with van der Waals surface area (Å²) in [6, 6.07) is 0. The van der Waals surface area contributed by atoms with E-state index in [1.165, 1.54) is 0 Å². The number of ether oxygens (including phenoxy) is 2. The summed E-state index contributed by atoms with van der Waals surface area (Å²) in [5, 5.41) is 0. The smallest absolute Gasteiger partial charge is 0.225 e. The summed E-state index contributed by atoms with van der Waals surface area (Å²) in [5.74, 6) is 0.131. The Morgan fingerprint density at radius 1 is 1.44 bits per heavy atom. The summed E-state index contributed by atoms with van der Waals surface area (Å²) in [7, 11) is 3.31. The molecule has 1 rings (SSSR count). The molecule has 5 nitrogen and oxygen atoms in total. The van der Waals surface area contributed by atoms with Crippen molar-refractivity contribution < 1.29 is 14.3 Å². The largest absolute Gasteiger partial charge is 0.381 e. The van der Waals surface area contributed by atoms with Crippen LogP contribution >= 0.6 is 0 Å². The fourth-order valence-electron chi connectivity index (χ4n) is 1.93. The van der Waals surface area contributed by atoms with Gasteiger partial charge in [-0.05, 0) is 12.8 Å². The van der Waals surface area contributed by atoms with E-state index in [-0.39, 0.29) is 12.0 Å². The number of amides is 1. The zero-order valence-corrected chi connectivity index (χ0v) is 10.1. The van der Waals surface area contributed by atoms with E-state index in [0.29, 0.717) is 19.1 Å². The van der Waals surface area contributed by atoms with Crippen molar-refractivity contribution in [3.05, 3.63) is 0 Å². The van der Waals surface area contributed by atoms with Gasteiger partial charge in [-0.1, -0.05) is 0 Å². The highest BCUT2D eigenvalue weighted by Crippen LogP contribution is 2.14. The van der Waals surface area contributed by atoms with Crippen LogP contribution < -0.4 is 5.73 Å². The molecule has 0 bridgehead atoms. The van der Waals surface area contributed by atoms with E-state index >= 15 is 0 Å². The Morgan fingerprint density at radius 3 is 2.50 bits per heavy atom. The van der Waals surface area contributed by atoms with Crippen molar-refractivity contribution in [2.24, 2.45) is 5.73 Å². The van der Waals surface area contributed by atoms with E-state index in [1.54, 1.807) is 14.2 Å². The van der Waals surface area contributed by atoms with Gasteiger partial charge in [-0.3, -0.25) is 4.79 Å². The van der Waals surface area contributed by atoms with Crippen LogP contribution in [0, 0.1) is 0 Å². The number of nitrogens with zero attached hydrogens (tertiary/aromatic N) is 1. The molecule has 1 aliphatic heterocycles. The lowest BCUT2D eigenvalue weighted by molar-refractivity contribution is -0.135. The van der Waals surface area contributed by atoms with Crippen LogP contribution in [0.4, 0.5) is 0 Å². The second-order valence-corrected chi connectivity index (χ2v) is 4.11. The van der Waals surface area contributed by atoms with E-state index in [2.05, 4.69) is 0 Å². The van der Waals surface area contributed by atoms with Crippen molar-refractivity contribution in [2.75, 3.05) is 33.9 Å². The highest BCUT2D eigenvalue weighted by molar-refractivity contribution is 5.76. The first kappa shape index (κ1) is 13.4. The average molecular weight is 230 g/mol. The van der Waals surface area contributed by atoms with Crippen LogP contribution in [0.25, 0.3) is 0 Å². The van der Waals surface area contributed by atoms with Crippen LogP contribution in [-0.4, -0.2) is 56.9 Å². The number of piperidine rings is 1. The van der Waals surface area contributed by atoms with Gasteiger partial charge in [-0.2, -0.15) is 0 Å². The minimum atomic E-state index is -0.160. The first-order valence-electron chi connectivity index (χ1n) is 5.74. The maximum Gasteiger partial charge on any atom is 0.225 e. The summed E-state index contributed by atoms with van der Waals surface area (Å²) in [4.78, 5) is 13.7. The van der Waals surface area contributed by atoms with Crippen LogP contribution in [0.2, 0.25) is 0 Å². The highest BCUT2D eigenvalue weighted by atomic mass is 16.5. The van der Waals surface area contributed by atoms with Crippen molar-refractivity contribution in [2.45, 2.75) is 31.5 Å². The number of methoxy groups -OCH3 is 2. The molecule has 0 spiro atoms. The second-order valence-electron chi connectivity index (χ2n) is 4.11. The van der Waals surface area contributed by atoms with Gasteiger partial charge in [0.2, 0.25) is 5.91 Å². The molecule has 2 N–H and O–H groups in total. The molecule has 1 heterocycles. The van der Waals surface area contributed by atoms with Gasteiger partial charge in [0, 0.05) is 33.9 Å². The number of nitrogens with two attached hydrogens (primary N) is 1. The summed E-state index contributed by atoms with van der Waals surface area (Å²) in [6.45, 7) is 1.94. The zero-order valence-electron chi connectivity index (χ0n) is 10.1. The number of hydrogen-bond acceptors (Lipinski definition) is 4. The number of hydrogen-bond donors (Lipinski definition) is 1. The van der Waals surface area contributed by atoms with E-state index < -0.39 is 0 Å². The summed E-state index contributed by atoms with van der Waals surface area (Å²) < 4.78 is 10.4. The van der Waals surface area contributed by atoms with Crippen molar-refractivity contribution in [3.8, 4) is 0 Å². The molecule has 0 aromatic carbocycles. The minimum Gasteiger partial charge on any atom is -0.381 e. The molecule has 1 fully saturated rings. The van der Waals surface area contributed by atoms with E-state index in [0.717, 1.165) is 25.9 Å². The van der Waals surface area contributed by atoms with Crippen molar-refractivity contribution in [1.82, 2.24) is 4.90 Å². The van der Waals surface area contributed by atoms with Crippen molar-refractivity contribution in [3.63, 3.8) is 0 Å². The first-order chi connectivity index (χ1) is 7.71. The Morgan fingerprint density at radius 2 is 2.06 bits per heavy atom. The van der Waals surface area contributed by atoms with Gasteiger partial charge >= 0.3 is 0 Å². The molecule has 1 unspecified atom stereocenters. The molecule has 0 saturated carbocycles. The third kappa shape index (κ3) is 3.73. The van der Waals surface area contributed by atoms with E-state index in [9.17, 15) is 4.79 Å². The maximum absolute atomic E-state index is 11.9. The Kier molecular flexibility index (Phi) is 5.73. The topological polar surface area (TPSA) is 64.8 Å². The van der Waals surface area contributed by atoms with Gasteiger partial charge in [0.05, 0.1) is 18.6 Å². The van der Waals surface area contributed by atoms with Gasteiger partial charge in [0.1, 0.15) is 0 Å². The lowest BCUT2D eigenvalue weighted by atomic mass is 10.1. The lowest BCUT2D eigenvalue weighted by Gasteiger charge is -2.32. The Bertz CT molecular complexity index is 211. The number of carbonyl (C=O) groups excluding carboxylic acids is 1. The number of rotatable bonds is 5. The second kappa shape index (κ2) is 6.83. The normalized spacial score (nSPS) is 19.8. The molecule has 5 heteroatoms. The SMILES string of the molecule is COC1CCN(C(=O)CC(CN)OC)CC1. The van der Waals surface area contributed by atoms with Gasteiger partial charge in [0.15, 0.2) is 0 Å². The number of likely N-dealkylation sites (tertiary alicyclic amines) is 1. The molecule has 16 heavy (non-hydrogen) atoms. The van der Waals surface area contributed by atoms with Crippen LogP contribution in [0.1, 0.15) is 19.3 Å². The maximum atomic E-state index is 11.9. The standard InChI is InChI=1S/C11H22N2O3/c1-15-9-3-5-13(6-4-9)11(14)7-10(8-12)16-2/h9-10H,3-8,12H2,1-2H3. The molecule has 0 radical (unpaired) electrons. The zero-order chi connectivity index (χ0) is 12.0. The molecule has 0 aliphatic carbocycles. The summed E-state index contributed by atoms with van der Waals surface area (Å²) in [5.41, 5.74) is 5.49. The molecule has 94 valence electrons. The van der Waals surface area contributed by atoms with Gasteiger partial charge < -0.3 is 20.1 Å². The Hall–Kier alpha value is -0.650. The molecule has 1 atom stereocenters. The van der Waals surface area contributed by atoms with E-state index in [4.69, 9.17) is 15.2 Å². The quantitative estimate of drug-likeness (QED) is 0.721. The predicted octanol–water partition coefficient (Wildman–Crippen LogP) is -0.0124. The average Bonchev–Trinajstić information content (AvgIpc) is 2.35. The number of carbonyl (C=O) groups is 1. The monoisotopic (exact) mass is 230 g/mol. The van der Waals surface area contributed by atoms with Gasteiger partial charge in [-0.15, -0.1) is 0 Å². The Balaban J connectivity index is 2.32. The van der Waals surface area contributed by atoms with Crippen LogP contribution in [0.5, 0.6) is 0 Å². The third-order valence-corrected chi connectivity index (χ3v) is 3.13. The summed E-state index contributed by atoms with van der Waals surface area (Å²) in [6.07, 6.45) is 2.36. The fourth-order valence-corrected chi connectivity index (χ4v) is 1.93. The summed E-state index contributed by atoms with van der Waals surface area (Å²) >= 11 is 0. The molecule has 0 aromatic rings. The van der Waals surface area contributed by atoms with Crippen molar-refractivity contribution in [1.29, 1.82) is 0 Å². The fraction of sp³-hybridized carbons (Fsp3) is 0.909. The van der Waals surface area contributed by atoms with Crippen LogP contribution in [0.3, 0.4) is 0 Å². The predicted molar refractivity (Wildman–Crippen MR) is 61.1 cm³/mol. The molecular formula is C11H22N2O3. The third-order valence-electron chi connectivity index (χ3n) is 3.13. The van der Waals surface area contributed by atoms with Gasteiger partial charge in [-0.25, -0.2) is 0 Å². The molecule has 1 saturated heterocycles. The van der Waals surface area contributed by atoms with E-state index in [1.807, 2.05) is 4.90 Å². The molecular weight excluding hydrogens is 208 g/mol. The molecule has 1 aliphatic rings. The molecule has 1 amide bonds. The van der Waals surface area contributed by atoms with Gasteiger partial charge in [0.25, 0.3) is 0 Å². The molecule has 0 aromatic heterocycles. The van der Waals surface area contributed by atoms with Crippen LogP contribution in [-0.2, 0) is 14.3 Å². The minimum absolute atomic E-state index is 0.131. The van der Waals surface area contributed by atoms with Crippen molar-refractivity contribution >= 4 is 5.91 Å². The lowest BCUT2D eigenvalue weighted by Crippen LogP contribution is -2.42.